The molecule has 2 N–H and O–H groups in total. The number of thiazole rings is 1. The van der Waals surface area contributed by atoms with Crippen molar-refractivity contribution in [2.75, 3.05) is 5.32 Å². The second-order valence-corrected chi connectivity index (χ2v) is 8.08. The van der Waals surface area contributed by atoms with Gasteiger partial charge in [0, 0.05) is 15.4 Å². The zero-order chi connectivity index (χ0) is 20.9. The fourth-order valence-electron chi connectivity index (χ4n) is 2.67. The maximum atomic E-state index is 12.2. The molecule has 2 amide bonds. The average molecular weight is 486 g/mol. The molecule has 0 fully saturated rings. The molecule has 0 saturated carbocycles. The first-order valence-electron chi connectivity index (χ1n) is 8.97. The summed E-state index contributed by atoms with van der Waals surface area (Å²) in [4.78, 5) is 28.4. The molecule has 3 heterocycles. The van der Waals surface area contributed by atoms with Gasteiger partial charge in [0.1, 0.15) is 11.5 Å². The highest BCUT2D eigenvalue weighted by Crippen LogP contribution is 2.24. The normalized spacial score (nSPS) is 10.7. The van der Waals surface area contributed by atoms with Crippen molar-refractivity contribution in [1.82, 2.24) is 10.3 Å². The van der Waals surface area contributed by atoms with Crippen LogP contribution in [0.1, 0.15) is 22.0 Å². The largest absolute Gasteiger partial charge is 0.459 e. The molecular formula is C21H16BrN3O4S. The highest BCUT2D eigenvalue weighted by molar-refractivity contribution is 9.10. The van der Waals surface area contributed by atoms with Gasteiger partial charge in [-0.25, -0.2) is 4.98 Å². The number of hydrogen-bond donors (Lipinski definition) is 2. The van der Waals surface area contributed by atoms with E-state index in [1.54, 1.807) is 17.5 Å². The van der Waals surface area contributed by atoms with Crippen LogP contribution in [0, 0.1) is 0 Å². The highest BCUT2D eigenvalue weighted by atomic mass is 79.9. The minimum Gasteiger partial charge on any atom is -0.459 e. The number of amides is 2. The molecule has 0 saturated heterocycles. The Bertz CT molecular complexity index is 1150. The molecule has 30 heavy (non-hydrogen) atoms. The Labute approximate surface area is 184 Å². The Morgan fingerprint density at radius 1 is 1.10 bits per heavy atom. The summed E-state index contributed by atoms with van der Waals surface area (Å²) in [6, 6.07) is 14.7. The molecule has 152 valence electrons. The molecule has 0 atom stereocenters. The van der Waals surface area contributed by atoms with Crippen molar-refractivity contribution in [3.05, 3.63) is 81.9 Å². The van der Waals surface area contributed by atoms with Crippen LogP contribution in [0.5, 0.6) is 0 Å². The van der Waals surface area contributed by atoms with E-state index in [0.717, 1.165) is 15.8 Å². The van der Waals surface area contributed by atoms with Crippen LogP contribution in [-0.2, 0) is 17.8 Å². The fourth-order valence-corrected chi connectivity index (χ4v) is 3.64. The average Bonchev–Trinajstić information content (AvgIpc) is 3.49. The molecule has 4 aromatic rings. The van der Waals surface area contributed by atoms with Gasteiger partial charge in [-0.3, -0.25) is 14.9 Å². The third-order valence-corrected chi connectivity index (χ3v) is 5.44. The minimum atomic E-state index is -0.384. The molecule has 0 aliphatic carbocycles. The summed E-state index contributed by atoms with van der Waals surface area (Å²) in [6.45, 7) is 0.279. The van der Waals surface area contributed by atoms with Gasteiger partial charge in [0.2, 0.25) is 5.91 Å². The molecule has 0 aliphatic heterocycles. The molecular weight excluding hydrogens is 470 g/mol. The Balaban J connectivity index is 1.28. The lowest BCUT2D eigenvalue weighted by Crippen LogP contribution is -2.24. The number of halogens is 1. The zero-order valence-corrected chi connectivity index (χ0v) is 18.0. The zero-order valence-electron chi connectivity index (χ0n) is 15.6. The number of aromatic nitrogens is 1. The summed E-state index contributed by atoms with van der Waals surface area (Å²) in [7, 11) is 0. The maximum absolute atomic E-state index is 12.2. The second-order valence-electron chi connectivity index (χ2n) is 6.30. The molecule has 0 bridgehead atoms. The molecule has 3 aromatic heterocycles. The first-order chi connectivity index (χ1) is 14.6. The number of hydrogen-bond acceptors (Lipinski definition) is 6. The standard InChI is InChI=1S/C21H16BrN3O4S/c22-14-5-3-13(4-6-14)17-8-7-16(29-17)11-23-19(26)10-15-12-30-21(24-15)25-20(27)18-2-1-9-28-18/h1-9,12H,10-11H2,(H,23,26)(H,24,25,27). The molecule has 0 radical (unpaired) electrons. The summed E-state index contributed by atoms with van der Waals surface area (Å²) in [5, 5.41) is 7.60. The number of anilines is 1. The van der Waals surface area contributed by atoms with Crippen molar-refractivity contribution in [2.45, 2.75) is 13.0 Å². The lowest BCUT2D eigenvalue weighted by atomic mass is 10.2. The third-order valence-electron chi connectivity index (χ3n) is 4.11. The Kier molecular flexibility index (Phi) is 6.10. The quantitative estimate of drug-likeness (QED) is 0.389. The summed E-state index contributed by atoms with van der Waals surface area (Å²) >= 11 is 4.65. The molecule has 9 heteroatoms. The van der Waals surface area contributed by atoms with Crippen LogP contribution in [-0.4, -0.2) is 16.8 Å². The van der Waals surface area contributed by atoms with E-state index in [2.05, 4.69) is 31.5 Å². The van der Waals surface area contributed by atoms with Crippen molar-refractivity contribution >= 4 is 44.2 Å². The van der Waals surface area contributed by atoms with Gasteiger partial charge in [0.05, 0.1) is 24.9 Å². The molecule has 0 aliphatic rings. The van der Waals surface area contributed by atoms with Crippen LogP contribution in [0.4, 0.5) is 5.13 Å². The number of nitrogens with one attached hydrogen (secondary N) is 2. The third kappa shape index (κ3) is 5.05. The number of carbonyl (C=O) groups excluding carboxylic acids is 2. The smallest absolute Gasteiger partial charge is 0.293 e. The topological polar surface area (TPSA) is 97.4 Å². The minimum absolute atomic E-state index is 0.105. The summed E-state index contributed by atoms with van der Waals surface area (Å²) < 4.78 is 11.8. The lowest BCUT2D eigenvalue weighted by molar-refractivity contribution is -0.120. The van der Waals surface area contributed by atoms with Gasteiger partial charge in [0.25, 0.3) is 5.91 Å². The van der Waals surface area contributed by atoms with Gasteiger partial charge in [-0.15, -0.1) is 11.3 Å². The van der Waals surface area contributed by atoms with Crippen molar-refractivity contribution in [3.63, 3.8) is 0 Å². The van der Waals surface area contributed by atoms with Gasteiger partial charge in [-0.2, -0.15) is 0 Å². The fraction of sp³-hybridized carbons (Fsp3) is 0.0952. The van der Waals surface area contributed by atoms with Crippen molar-refractivity contribution in [1.29, 1.82) is 0 Å². The number of rotatable bonds is 7. The van der Waals surface area contributed by atoms with E-state index in [4.69, 9.17) is 8.83 Å². The van der Waals surface area contributed by atoms with Gasteiger partial charge < -0.3 is 14.2 Å². The molecule has 7 nitrogen and oxygen atoms in total. The summed E-state index contributed by atoms with van der Waals surface area (Å²) in [5.74, 6) is 1.02. The molecule has 0 unspecified atom stereocenters. The first kappa shape index (κ1) is 20.1. The van der Waals surface area contributed by atoms with E-state index in [1.165, 1.54) is 17.6 Å². The van der Waals surface area contributed by atoms with E-state index in [1.807, 2.05) is 36.4 Å². The summed E-state index contributed by atoms with van der Waals surface area (Å²) in [5.41, 5.74) is 1.53. The van der Waals surface area contributed by atoms with Crippen LogP contribution in [0.3, 0.4) is 0 Å². The van der Waals surface area contributed by atoms with Crippen LogP contribution < -0.4 is 10.6 Å². The SMILES string of the molecule is O=C(Cc1csc(NC(=O)c2ccco2)n1)NCc1ccc(-c2ccc(Br)cc2)o1. The van der Waals surface area contributed by atoms with Crippen LogP contribution in [0.2, 0.25) is 0 Å². The van der Waals surface area contributed by atoms with Gasteiger partial charge in [0.15, 0.2) is 10.9 Å². The maximum Gasteiger partial charge on any atom is 0.293 e. The monoisotopic (exact) mass is 485 g/mol. The van der Waals surface area contributed by atoms with Crippen LogP contribution in [0.15, 0.2) is 73.5 Å². The lowest BCUT2D eigenvalue weighted by Gasteiger charge is -2.02. The molecule has 0 spiro atoms. The van der Waals surface area contributed by atoms with Crippen LogP contribution >= 0.6 is 27.3 Å². The molecule has 4 rings (SSSR count). The highest BCUT2D eigenvalue weighted by Gasteiger charge is 2.13. The van der Waals surface area contributed by atoms with Gasteiger partial charge >= 0.3 is 0 Å². The predicted octanol–water partition coefficient (Wildman–Crippen LogP) is 4.87. The number of nitrogens with zero attached hydrogens (tertiary/aromatic N) is 1. The van der Waals surface area contributed by atoms with Gasteiger partial charge in [-0.1, -0.05) is 28.1 Å². The number of benzene rings is 1. The van der Waals surface area contributed by atoms with Crippen molar-refractivity contribution < 1.29 is 18.4 Å². The number of furan rings is 2. The predicted molar refractivity (Wildman–Crippen MR) is 116 cm³/mol. The second kappa shape index (κ2) is 9.10. The Morgan fingerprint density at radius 2 is 1.93 bits per heavy atom. The Hall–Kier alpha value is -3.17. The summed E-state index contributed by atoms with van der Waals surface area (Å²) in [6.07, 6.45) is 1.53. The van der Waals surface area contributed by atoms with E-state index in [9.17, 15) is 9.59 Å². The van der Waals surface area contributed by atoms with Crippen molar-refractivity contribution in [2.24, 2.45) is 0 Å². The van der Waals surface area contributed by atoms with E-state index in [0.29, 0.717) is 16.6 Å². The Morgan fingerprint density at radius 3 is 2.70 bits per heavy atom. The number of carbonyl (C=O) groups is 2. The van der Waals surface area contributed by atoms with E-state index >= 15 is 0 Å². The first-order valence-corrected chi connectivity index (χ1v) is 10.6. The van der Waals surface area contributed by atoms with E-state index < -0.39 is 0 Å². The van der Waals surface area contributed by atoms with Crippen molar-refractivity contribution in [3.8, 4) is 11.3 Å². The van der Waals surface area contributed by atoms with Gasteiger partial charge in [-0.05, 0) is 36.4 Å². The van der Waals surface area contributed by atoms with Crippen LogP contribution in [0.25, 0.3) is 11.3 Å². The van der Waals surface area contributed by atoms with E-state index in [-0.39, 0.29) is 30.5 Å². The molecule has 1 aromatic carbocycles.